The molecule has 0 unspecified atom stereocenters. The van der Waals surface area contributed by atoms with Crippen molar-refractivity contribution in [1.82, 2.24) is 15.5 Å². The maximum Gasteiger partial charge on any atom is 0.251 e. The number of halogens is 2. The molecule has 0 saturated heterocycles. The lowest BCUT2D eigenvalue weighted by Gasteiger charge is -2.07. The monoisotopic (exact) mass is 347 g/mol. The number of aromatic nitrogens is 2. The molecule has 0 aliphatic heterocycles. The molecule has 2 aromatic carbocycles. The third-order valence-corrected chi connectivity index (χ3v) is 3.80. The molecule has 0 aliphatic rings. The Labute approximate surface area is 142 Å². The van der Waals surface area contributed by atoms with E-state index in [2.05, 4.69) is 15.5 Å². The number of nitrogens with zero attached hydrogens (tertiary/aromatic N) is 2. The summed E-state index contributed by atoms with van der Waals surface area (Å²) in [5.74, 6) is 0.206. The summed E-state index contributed by atoms with van der Waals surface area (Å²) >= 11 is 11.9. The third-order valence-electron chi connectivity index (χ3n) is 3.21. The Bertz CT molecular complexity index is 818. The highest BCUT2D eigenvalue weighted by molar-refractivity contribution is 6.35. The van der Waals surface area contributed by atoms with Gasteiger partial charge in [-0.15, -0.1) is 10.2 Å². The van der Waals surface area contributed by atoms with Crippen molar-refractivity contribution in [3.8, 4) is 11.5 Å². The number of carbonyl (C=O) groups is 1. The Hall–Kier alpha value is -2.37. The first-order valence-corrected chi connectivity index (χ1v) is 7.48. The van der Waals surface area contributed by atoms with Gasteiger partial charge in [0, 0.05) is 27.7 Å². The molecule has 3 rings (SSSR count). The van der Waals surface area contributed by atoms with E-state index in [0.717, 1.165) is 11.1 Å². The first kappa shape index (κ1) is 15.5. The molecular formula is C16H11Cl2N3O2. The zero-order valence-corrected chi connectivity index (χ0v) is 13.3. The number of benzene rings is 2. The van der Waals surface area contributed by atoms with Crippen LogP contribution in [0.15, 0.2) is 53.3 Å². The number of amides is 1. The minimum atomic E-state index is -0.201. The molecule has 0 spiro atoms. The molecule has 1 aromatic heterocycles. The second-order valence-corrected chi connectivity index (χ2v) is 5.58. The summed E-state index contributed by atoms with van der Waals surface area (Å²) in [7, 11) is 0. The van der Waals surface area contributed by atoms with Crippen LogP contribution >= 0.6 is 23.2 Å². The van der Waals surface area contributed by atoms with E-state index in [1.807, 2.05) is 0 Å². The molecule has 0 fully saturated rings. The summed E-state index contributed by atoms with van der Waals surface area (Å²) in [5, 5.41) is 11.3. The predicted molar refractivity (Wildman–Crippen MR) is 87.4 cm³/mol. The van der Waals surface area contributed by atoms with Crippen LogP contribution in [-0.2, 0) is 6.54 Å². The Morgan fingerprint density at radius 2 is 1.91 bits per heavy atom. The molecule has 0 aliphatic carbocycles. The highest BCUT2D eigenvalue weighted by Gasteiger charge is 2.09. The van der Waals surface area contributed by atoms with Crippen molar-refractivity contribution in [3.05, 3.63) is 70.0 Å². The van der Waals surface area contributed by atoms with Crippen molar-refractivity contribution in [2.75, 3.05) is 0 Å². The average Bonchev–Trinajstić information content (AvgIpc) is 3.08. The van der Waals surface area contributed by atoms with Gasteiger partial charge >= 0.3 is 0 Å². The van der Waals surface area contributed by atoms with Gasteiger partial charge in [-0.25, -0.2) is 0 Å². The Morgan fingerprint density at radius 3 is 2.57 bits per heavy atom. The fourth-order valence-corrected chi connectivity index (χ4v) is 2.48. The molecule has 3 aromatic rings. The molecule has 0 bridgehead atoms. The van der Waals surface area contributed by atoms with Gasteiger partial charge in [-0.2, -0.15) is 0 Å². The van der Waals surface area contributed by atoms with E-state index < -0.39 is 0 Å². The maximum absolute atomic E-state index is 12.2. The quantitative estimate of drug-likeness (QED) is 0.775. The topological polar surface area (TPSA) is 68.0 Å². The Kier molecular flexibility index (Phi) is 4.60. The highest BCUT2D eigenvalue weighted by Crippen LogP contribution is 2.21. The first-order chi connectivity index (χ1) is 11.1. The summed E-state index contributed by atoms with van der Waals surface area (Å²) in [6.45, 7) is 0.320. The summed E-state index contributed by atoms with van der Waals surface area (Å²) < 4.78 is 5.10. The van der Waals surface area contributed by atoms with Gasteiger partial charge in [0.2, 0.25) is 12.3 Å². The van der Waals surface area contributed by atoms with Gasteiger partial charge in [0.15, 0.2) is 0 Å². The van der Waals surface area contributed by atoms with Crippen LogP contribution in [0.2, 0.25) is 10.0 Å². The number of rotatable bonds is 4. The van der Waals surface area contributed by atoms with Crippen molar-refractivity contribution in [1.29, 1.82) is 0 Å². The minimum Gasteiger partial charge on any atom is -0.423 e. The zero-order chi connectivity index (χ0) is 16.2. The minimum absolute atomic E-state index is 0.201. The Balaban J connectivity index is 1.66. The van der Waals surface area contributed by atoms with E-state index in [0.29, 0.717) is 28.0 Å². The Morgan fingerprint density at radius 1 is 1.13 bits per heavy atom. The van der Waals surface area contributed by atoms with Crippen molar-refractivity contribution < 1.29 is 9.21 Å². The molecule has 0 saturated carbocycles. The van der Waals surface area contributed by atoms with Crippen LogP contribution in [0.4, 0.5) is 0 Å². The van der Waals surface area contributed by atoms with Crippen LogP contribution in [0.25, 0.3) is 11.5 Å². The molecular weight excluding hydrogens is 337 g/mol. The molecule has 1 N–H and O–H groups in total. The van der Waals surface area contributed by atoms with E-state index in [9.17, 15) is 4.79 Å². The zero-order valence-electron chi connectivity index (χ0n) is 11.8. The van der Waals surface area contributed by atoms with Crippen LogP contribution in [0, 0.1) is 0 Å². The number of hydrogen-bond acceptors (Lipinski definition) is 4. The van der Waals surface area contributed by atoms with Crippen molar-refractivity contribution in [2.45, 2.75) is 6.54 Å². The summed E-state index contributed by atoms with van der Waals surface area (Å²) in [6, 6.07) is 12.0. The summed E-state index contributed by atoms with van der Waals surface area (Å²) in [6.07, 6.45) is 1.26. The van der Waals surface area contributed by atoms with Crippen molar-refractivity contribution in [2.24, 2.45) is 0 Å². The second-order valence-electron chi connectivity index (χ2n) is 4.74. The number of nitrogens with one attached hydrogen (secondary N) is 1. The molecule has 1 amide bonds. The first-order valence-electron chi connectivity index (χ1n) is 6.72. The molecule has 5 nitrogen and oxygen atoms in total. The average molecular weight is 348 g/mol. The summed E-state index contributed by atoms with van der Waals surface area (Å²) in [5.41, 5.74) is 2.07. The smallest absolute Gasteiger partial charge is 0.251 e. The second kappa shape index (κ2) is 6.81. The largest absolute Gasteiger partial charge is 0.423 e. The van der Waals surface area contributed by atoms with Crippen molar-refractivity contribution in [3.63, 3.8) is 0 Å². The summed E-state index contributed by atoms with van der Waals surface area (Å²) in [4.78, 5) is 12.2. The normalized spacial score (nSPS) is 10.5. The van der Waals surface area contributed by atoms with Gasteiger partial charge in [-0.05, 0) is 42.0 Å². The van der Waals surface area contributed by atoms with Crippen molar-refractivity contribution >= 4 is 29.1 Å². The molecule has 0 atom stereocenters. The third kappa shape index (κ3) is 3.70. The molecule has 7 heteroatoms. The van der Waals surface area contributed by atoms with E-state index in [1.54, 1.807) is 42.5 Å². The molecule has 0 radical (unpaired) electrons. The van der Waals surface area contributed by atoms with Crippen LogP contribution in [-0.4, -0.2) is 16.1 Å². The van der Waals surface area contributed by atoms with Crippen LogP contribution in [0.3, 0.4) is 0 Å². The standard InChI is InChI=1S/C16H11Cl2N3O2/c17-13-6-5-12(14(18)7-13)8-19-15(22)10-1-3-11(4-2-10)16-21-20-9-23-16/h1-7,9H,8H2,(H,19,22). The van der Waals surface area contributed by atoms with E-state index >= 15 is 0 Å². The van der Waals surface area contributed by atoms with Crippen LogP contribution < -0.4 is 5.32 Å². The lowest BCUT2D eigenvalue weighted by atomic mass is 10.1. The van der Waals surface area contributed by atoms with Gasteiger partial charge in [0.25, 0.3) is 5.91 Å². The van der Waals surface area contributed by atoms with E-state index in [4.69, 9.17) is 27.6 Å². The van der Waals surface area contributed by atoms with Gasteiger partial charge in [0.05, 0.1) is 0 Å². The molecule has 23 heavy (non-hydrogen) atoms. The maximum atomic E-state index is 12.2. The van der Waals surface area contributed by atoms with Gasteiger partial charge in [-0.1, -0.05) is 29.3 Å². The van der Waals surface area contributed by atoms with Crippen LogP contribution in [0.1, 0.15) is 15.9 Å². The van der Waals surface area contributed by atoms with Crippen LogP contribution in [0.5, 0.6) is 0 Å². The molecule has 1 heterocycles. The van der Waals surface area contributed by atoms with E-state index in [1.165, 1.54) is 6.39 Å². The SMILES string of the molecule is O=C(NCc1ccc(Cl)cc1Cl)c1ccc(-c2nnco2)cc1. The number of carbonyl (C=O) groups excluding carboxylic acids is 1. The lowest BCUT2D eigenvalue weighted by Crippen LogP contribution is -2.22. The highest BCUT2D eigenvalue weighted by atomic mass is 35.5. The predicted octanol–water partition coefficient (Wildman–Crippen LogP) is 3.97. The van der Waals surface area contributed by atoms with E-state index in [-0.39, 0.29) is 5.91 Å². The fraction of sp³-hybridized carbons (Fsp3) is 0.0625. The fourth-order valence-electron chi connectivity index (χ4n) is 2.01. The number of hydrogen-bond donors (Lipinski definition) is 1. The van der Waals surface area contributed by atoms with Gasteiger partial charge in [-0.3, -0.25) is 4.79 Å². The molecule has 116 valence electrons. The van der Waals surface area contributed by atoms with Gasteiger partial charge in [0.1, 0.15) is 0 Å². The van der Waals surface area contributed by atoms with Gasteiger partial charge < -0.3 is 9.73 Å². The lowest BCUT2D eigenvalue weighted by molar-refractivity contribution is 0.0951.